The number of rotatable bonds is 5. The van der Waals surface area contributed by atoms with Gasteiger partial charge in [-0.2, -0.15) is 9.57 Å². The topological polar surface area (TPSA) is 91.0 Å². The summed E-state index contributed by atoms with van der Waals surface area (Å²) in [6, 6.07) is 17.4. The largest absolute Gasteiger partial charge is 0.380 e. The Morgan fingerprint density at radius 3 is 2.60 bits per heavy atom. The Labute approximate surface area is 176 Å². The Kier molecular flexibility index (Phi) is 5.33. The molecule has 8 heteroatoms. The zero-order valence-electron chi connectivity index (χ0n) is 16.9. The van der Waals surface area contributed by atoms with Crippen LogP contribution in [0.1, 0.15) is 22.6 Å². The fourth-order valence-electron chi connectivity index (χ4n) is 3.85. The smallest absolute Gasteiger partial charge is 0.262 e. The second-order valence-electron chi connectivity index (χ2n) is 7.61. The number of nitrogens with one attached hydrogen (secondary N) is 1. The molecule has 1 fully saturated rings. The lowest BCUT2D eigenvalue weighted by atomic mass is 9.94. The standard InChI is InChI=1S/C22H23N5O2S/c1-16-8-9-17(11-23)10-20(16)25-21-13-27(12-19(21)18-6-4-3-5-7-18)30(28,29)22-14-26(2)15-24-22/h3-10,14-15,19,21,25H,12-13H2,1-2H3. The number of anilines is 1. The van der Waals surface area contributed by atoms with E-state index in [0.717, 1.165) is 16.8 Å². The summed E-state index contributed by atoms with van der Waals surface area (Å²) in [5.74, 6) is -0.0326. The van der Waals surface area contributed by atoms with Crippen LogP contribution in [0.3, 0.4) is 0 Å². The summed E-state index contributed by atoms with van der Waals surface area (Å²) in [4.78, 5) is 4.05. The quantitative estimate of drug-likeness (QED) is 0.684. The molecule has 2 unspecified atom stereocenters. The molecule has 1 saturated heterocycles. The van der Waals surface area contributed by atoms with Gasteiger partial charge in [0.15, 0.2) is 5.03 Å². The highest BCUT2D eigenvalue weighted by molar-refractivity contribution is 7.89. The lowest BCUT2D eigenvalue weighted by molar-refractivity contribution is 0.468. The summed E-state index contributed by atoms with van der Waals surface area (Å²) in [5, 5.41) is 12.8. The number of aromatic nitrogens is 2. The van der Waals surface area contributed by atoms with Gasteiger partial charge in [-0.1, -0.05) is 36.4 Å². The number of benzene rings is 2. The lowest BCUT2D eigenvalue weighted by Gasteiger charge is -2.22. The van der Waals surface area contributed by atoms with E-state index in [1.54, 1.807) is 17.7 Å². The lowest BCUT2D eigenvalue weighted by Crippen LogP contribution is -2.32. The summed E-state index contributed by atoms with van der Waals surface area (Å²) in [6.45, 7) is 2.64. The average molecular weight is 422 g/mol. The Morgan fingerprint density at radius 2 is 1.93 bits per heavy atom. The first kappa shape index (κ1) is 20.1. The maximum Gasteiger partial charge on any atom is 0.262 e. The Balaban J connectivity index is 1.68. The first-order valence-electron chi connectivity index (χ1n) is 9.69. The molecule has 1 aromatic heterocycles. The van der Waals surface area contributed by atoms with Crippen LogP contribution in [0.2, 0.25) is 0 Å². The number of hydrogen-bond acceptors (Lipinski definition) is 5. The number of sulfonamides is 1. The molecule has 154 valence electrons. The van der Waals surface area contributed by atoms with Gasteiger partial charge >= 0.3 is 0 Å². The summed E-state index contributed by atoms with van der Waals surface area (Å²) in [5.41, 5.74) is 3.49. The predicted octanol–water partition coefficient (Wildman–Crippen LogP) is 2.87. The first-order chi connectivity index (χ1) is 14.4. The molecule has 4 rings (SSSR count). The molecule has 1 aliphatic rings. The highest BCUT2D eigenvalue weighted by atomic mass is 32.2. The van der Waals surface area contributed by atoms with E-state index < -0.39 is 10.0 Å². The van der Waals surface area contributed by atoms with Gasteiger partial charge in [-0.05, 0) is 30.2 Å². The van der Waals surface area contributed by atoms with Crippen molar-refractivity contribution in [3.8, 4) is 6.07 Å². The Morgan fingerprint density at radius 1 is 1.17 bits per heavy atom. The molecule has 0 amide bonds. The maximum atomic E-state index is 13.2. The van der Waals surface area contributed by atoms with Gasteiger partial charge in [-0.25, -0.2) is 13.4 Å². The number of nitrogens with zero attached hydrogens (tertiary/aromatic N) is 4. The minimum Gasteiger partial charge on any atom is -0.380 e. The van der Waals surface area contributed by atoms with Crippen LogP contribution in [0.5, 0.6) is 0 Å². The molecule has 0 bridgehead atoms. The molecule has 0 radical (unpaired) electrons. The van der Waals surface area contributed by atoms with Crippen molar-refractivity contribution < 1.29 is 8.42 Å². The minimum atomic E-state index is -3.70. The van der Waals surface area contributed by atoms with E-state index in [-0.39, 0.29) is 17.0 Å². The fourth-order valence-corrected chi connectivity index (χ4v) is 5.31. The SMILES string of the molecule is Cc1ccc(C#N)cc1NC1CN(S(=O)(=O)c2cn(C)cn2)CC1c1ccccc1. The van der Waals surface area contributed by atoms with Gasteiger partial charge < -0.3 is 9.88 Å². The molecule has 30 heavy (non-hydrogen) atoms. The highest BCUT2D eigenvalue weighted by Crippen LogP contribution is 2.33. The van der Waals surface area contributed by atoms with E-state index in [1.165, 1.54) is 16.8 Å². The first-order valence-corrected chi connectivity index (χ1v) is 11.1. The highest BCUT2D eigenvalue weighted by Gasteiger charge is 2.41. The second kappa shape index (κ2) is 7.94. The molecule has 7 nitrogen and oxygen atoms in total. The van der Waals surface area contributed by atoms with Crippen LogP contribution in [0.4, 0.5) is 5.69 Å². The molecule has 2 heterocycles. The van der Waals surface area contributed by atoms with E-state index in [1.807, 2.05) is 49.4 Å². The molecule has 2 aromatic carbocycles. The fraction of sp³-hybridized carbons (Fsp3) is 0.273. The summed E-state index contributed by atoms with van der Waals surface area (Å²) >= 11 is 0. The normalized spacial score (nSPS) is 19.5. The van der Waals surface area contributed by atoms with Crippen molar-refractivity contribution in [3.63, 3.8) is 0 Å². The van der Waals surface area contributed by atoms with Crippen molar-refractivity contribution in [2.75, 3.05) is 18.4 Å². The maximum absolute atomic E-state index is 13.2. The van der Waals surface area contributed by atoms with Gasteiger partial charge in [-0.3, -0.25) is 0 Å². The Hall–Kier alpha value is -3.15. The molecule has 0 spiro atoms. The van der Waals surface area contributed by atoms with Crippen molar-refractivity contribution >= 4 is 15.7 Å². The van der Waals surface area contributed by atoms with Crippen LogP contribution in [0.15, 0.2) is 66.1 Å². The molecule has 3 aromatic rings. The summed E-state index contributed by atoms with van der Waals surface area (Å²) in [6.07, 6.45) is 3.01. The second-order valence-corrected chi connectivity index (χ2v) is 9.49. The minimum absolute atomic E-state index is 0.0326. The molecular formula is C22H23N5O2S. The average Bonchev–Trinajstić information content (AvgIpc) is 3.37. The third-order valence-corrected chi connectivity index (χ3v) is 7.22. The number of imidazole rings is 1. The zero-order chi connectivity index (χ0) is 21.3. The van der Waals surface area contributed by atoms with Gasteiger partial charge in [0.05, 0.1) is 18.0 Å². The molecule has 1 aliphatic heterocycles. The predicted molar refractivity (Wildman–Crippen MR) is 114 cm³/mol. The third kappa shape index (κ3) is 3.82. The zero-order valence-corrected chi connectivity index (χ0v) is 17.7. The molecule has 0 aliphatic carbocycles. The number of nitriles is 1. The van der Waals surface area contributed by atoms with E-state index in [0.29, 0.717) is 18.7 Å². The Bertz CT molecular complexity index is 1200. The number of aryl methyl sites for hydroxylation is 2. The van der Waals surface area contributed by atoms with Crippen molar-refractivity contribution in [2.45, 2.75) is 23.9 Å². The van der Waals surface area contributed by atoms with Gasteiger partial charge in [0, 0.05) is 44.0 Å². The van der Waals surface area contributed by atoms with E-state index >= 15 is 0 Å². The van der Waals surface area contributed by atoms with Gasteiger partial charge in [-0.15, -0.1) is 0 Å². The van der Waals surface area contributed by atoms with Gasteiger partial charge in [0.25, 0.3) is 10.0 Å². The van der Waals surface area contributed by atoms with Crippen molar-refractivity contribution in [1.29, 1.82) is 5.26 Å². The molecule has 0 saturated carbocycles. The van der Waals surface area contributed by atoms with Crippen molar-refractivity contribution in [1.82, 2.24) is 13.9 Å². The number of hydrogen-bond donors (Lipinski definition) is 1. The van der Waals surface area contributed by atoms with E-state index in [2.05, 4.69) is 16.4 Å². The molecule has 2 atom stereocenters. The summed E-state index contributed by atoms with van der Waals surface area (Å²) in [7, 11) is -1.95. The van der Waals surface area contributed by atoms with Crippen LogP contribution >= 0.6 is 0 Å². The van der Waals surface area contributed by atoms with Crippen LogP contribution in [0.25, 0.3) is 0 Å². The monoisotopic (exact) mass is 421 g/mol. The molecular weight excluding hydrogens is 398 g/mol. The van der Waals surface area contributed by atoms with Crippen LogP contribution in [0, 0.1) is 18.3 Å². The van der Waals surface area contributed by atoms with Crippen LogP contribution < -0.4 is 5.32 Å². The van der Waals surface area contributed by atoms with E-state index in [4.69, 9.17) is 0 Å². The van der Waals surface area contributed by atoms with Gasteiger partial charge in [0.1, 0.15) is 0 Å². The van der Waals surface area contributed by atoms with Gasteiger partial charge in [0.2, 0.25) is 0 Å². The summed E-state index contributed by atoms with van der Waals surface area (Å²) < 4.78 is 29.5. The van der Waals surface area contributed by atoms with E-state index in [9.17, 15) is 13.7 Å². The van der Waals surface area contributed by atoms with Crippen LogP contribution in [-0.2, 0) is 17.1 Å². The van der Waals surface area contributed by atoms with Crippen LogP contribution in [-0.4, -0.2) is 41.4 Å². The third-order valence-electron chi connectivity index (χ3n) is 5.51. The van der Waals surface area contributed by atoms with Crippen molar-refractivity contribution in [3.05, 3.63) is 77.7 Å². The van der Waals surface area contributed by atoms with Crippen molar-refractivity contribution in [2.24, 2.45) is 7.05 Å². The molecule has 1 N–H and O–H groups in total.